The predicted octanol–water partition coefficient (Wildman–Crippen LogP) is 1.18. The maximum absolute atomic E-state index is 11.6. The zero-order valence-electron chi connectivity index (χ0n) is 7.85. The van der Waals surface area contributed by atoms with Crippen molar-refractivity contribution in [3.05, 3.63) is 0 Å². The largest absolute Gasteiger partial charge is 0.379 e. The van der Waals surface area contributed by atoms with E-state index in [-0.39, 0.29) is 12.6 Å². The van der Waals surface area contributed by atoms with E-state index in [0.29, 0.717) is 13.0 Å². The predicted molar refractivity (Wildman–Crippen MR) is 44.7 cm³/mol. The van der Waals surface area contributed by atoms with Crippen LogP contribution in [0.25, 0.3) is 0 Å². The van der Waals surface area contributed by atoms with Crippen LogP contribution in [0.15, 0.2) is 0 Å². The molecule has 0 radical (unpaired) electrons. The van der Waals surface area contributed by atoms with Gasteiger partial charge in [0.2, 0.25) is 0 Å². The molecule has 0 saturated carbocycles. The first kappa shape index (κ1) is 12.3. The van der Waals surface area contributed by atoms with Gasteiger partial charge in [0.05, 0.1) is 6.10 Å². The van der Waals surface area contributed by atoms with Crippen molar-refractivity contribution in [2.45, 2.75) is 32.8 Å². The first-order chi connectivity index (χ1) is 6.04. The number of ether oxygens (including phenoxy) is 1. The molecule has 0 heterocycles. The van der Waals surface area contributed by atoms with Crippen LogP contribution in [0, 0.1) is 0 Å². The maximum atomic E-state index is 11.6. The molecule has 0 spiro atoms. The van der Waals surface area contributed by atoms with E-state index in [1.165, 1.54) is 0 Å². The Kier molecular flexibility index (Phi) is 6.40. The van der Waals surface area contributed by atoms with Gasteiger partial charge < -0.3 is 10.1 Å². The van der Waals surface area contributed by atoms with Gasteiger partial charge in [0.1, 0.15) is 0 Å². The zero-order valence-corrected chi connectivity index (χ0v) is 7.85. The molecule has 0 saturated heterocycles. The molecule has 0 rings (SSSR count). The van der Waals surface area contributed by atoms with Gasteiger partial charge in [0.25, 0.3) is 5.91 Å². The van der Waals surface area contributed by atoms with Crippen molar-refractivity contribution in [3.63, 3.8) is 0 Å². The summed E-state index contributed by atoms with van der Waals surface area (Å²) in [6.45, 7) is 4.48. The minimum atomic E-state index is -2.92. The van der Waals surface area contributed by atoms with Gasteiger partial charge in [-0.2, -0.15) is 8.78 Å². The molecule has 0 unspecified atom stereocenters. The summed E-state index contributed by atoms with van der Waals surface area (Å²) in [6.07, 6.45) is -2.24. The summed E-state index contributed by atoms with van der Waals surface area (Å²) in [4.78, 5) is 10.3. The lowest BCUT2D eigenvalue weighted by molar-refractivity contribution is -0.131. The Morgan fingerprint density at radius 1 is 1.46 bits per heavy atom. The van der Waals surface area contributed by atoms with Gasteiger partial charge in [-0.25, -0.2) is 0 Å². The zero-order chi connectivity index (χ0) is 10.3. The molecule has 0 aliphatic heterocycles. The highest BCUT2D eigenvalue weighted by Gasteiger charge is 2.13. The lowest BCUT2D eigenvalue weighted by atomic mass is 10.4. The van der Waals surface area contributed by atoms with Crippen molar-refractivity contribution in [1.29, 1.82) is 0 Å². The summed E-state index contributed by atoms with van der Waals surface area (Å²) in [5.41, 5.74) is 0. The Hall–Kier alpha value is -0.710. The first-order valence-electron chi connectivity index (χ1n) is 4.21. The third-order valence-corrected chi connectivity index (χ3v) is 1.27. The summed E-state index contributed by atoms with van der Waals surface area (Å²) in [6, 6.07) is 0. The smallest absolute Gasteiger partial charge is 0.315 e. The molecule has 1 amide bonds. The molecule has 3 nitrogen and oxygen atoms in total. The van der Waals surface area contributed by atoms with Gasteiger partial charge in [-0.1, -0.05) is 0 Å². The monoisotopic (exact) mass is 195 g/mol. The Balaban J connectivity index is 3.21. The van der Waals surface area contributed by atoms with Gasteiger partial charge >= 0.3 is 6.43 Å². The average molecular weight is 195 g/mol. The van der Waals surface area contributed by atoms with Crippen molar-refractivity contribution in [1.82, 2.24) is 5.32 Å². The van der Waals surface area contributed by atoms with Crippen LogP contribution in [-0.2, 0) is 9.53 Å². The molecule has 78 valence electrons. The number of hydrogen-bond acceptors (Lipinski definition) is 2. The number of carbonyl (C=O) groups excluding carboxylic acids is 1. The molecule has 1 N–H and O–H groups in total. The third-order valence-electron chi connectivity index (χ3n) is 1.27. The van der Waals surface area contributed by atoms with Crippen molar-refractivity contribution in [2.75, 3.05) is 13.2 Å². The molecular weight excluding hydrogens is 180 g/mol. The van der Waals surface area contributed by atoms with E-state index in [1.807, 2.05) is 13.8 Å². The number of rotatable bonds is 6. The number of carbonyl (C=O) groups is 1. The molecule has 0 aromatic rings. The topological polar surface area (TPSA) is 38.3 Å². The van der Waals surface area contributed by atoms with Crippen LogP contribution >= 0.6 is 0 Å². The van der Waals surface area contributed by atoms with E-state index in [2.05, 4.69) is 5.32 Å². The second kappa shape index (κ2) is 6.77. The number of amides is 1. The molecule has 0 fully saturated rings. The molecule has 0 aliphatic rings. The summed E-state index contributed by atoms with van der Waals surface area (Å²) < 4.78 is 28.4. The average Bonchev–Trinajstić information content (AvgIpc) is 2.02. The number of hydrogen-bond donors (Lipinski definition) is 1. The Morgan fingerprint density at radius 3 is 2.54 bits per heavy atom. The van der Waals surface area contributed by atoms with Gasteiger partial charge in [0, 0.05) is 13.2 Å². The number of alkyl halides is 2. The second-order valence-corrected chi connectivity index (χ2v) is 2.86. The number of halogens is 2. The van der Waals surface area contributed by atoms with Gasteiger partial charge in [-0.05, 0) is 20.3 Å². The SMILES string of the molecule is CC(C)OCCCNC(=O)C(F)F. The molecule has 0 aliphatic carbocycles. The summed E-state index contributed by atoms with van der Waals surface area (Å²) in [5, 5.41) is 2.09. The Morgan fingerprint density at radius 2 is 2.08 bits per heavy atom. The van der Waals surface area contributed by atoms with Crippen molar-refractivity contribution in [3.8, 4) is 0 Å². The highest BCUT2D eigenvalue weighted by molar-refractivity contribution is 5.78. The number of nitrogens with one attached hydrogen (secondary N) is 1. The van der Waals surface area contributed by atoms with Crippen LogP contribution in [-0.4, -0.2) is 31.6 Å². The third kappa shape index (κ3) is 7.64. The highest BCUT2D eigenvalue weighted by Crippen LogP contribution is 1.92. The van der Waals surface area contributed by atoms with Gasteiger partial charge in [0.15, 0.2) is 0 Å². The molecule has 0 aromatic carbocycles. The van der Waals surface area contributed by atoms with Crippen LogP contribution in [0.3, 0.4) is 0 Å². The first-order valence-corrected chi connectivity index (χ1v) is 4.21. The van der Waals surface area contributed by atoms with Crippen LogP contribution in [0.2, 0.25) is 0 Å². The Labute approximate surface area is 76.4 Å². The van der Waals surface area contributed by atoms with Crippen LogP contribution in [0.4, 0.5) is 8.78 Å². The summed E-state index contributed by atoms with van der Waals surface area (Å²) >= 11 is 0. The van der Waals surface area contributed by atoms with Crippen LogP contribution in [0.5, 0.6) is 0 Å². The fraction of sp³-hybridized carbons (Fsp3) is 0.875. The summed E-state index contributed by atoms with van der Waals surface area (Å²) in [7, 11) is 0. The van der Waals surface area contributed by atoms with Crippen molar-refractivity contribution >= 4 is 5.91 Å². The van der Waals surface area contributed by atoms with E-state index < -0.39 is 12.3 Å². The van der Waals surface area contributed by atoms with E-state index in [4.69, 9.17) is 4.74 Å². The lowest BCUT2D eigenvalue weighted by Gasteiger charge is -2.07. The lowest BCUT2D eigenvalue weighted by Crippen LogP contribution is -2.30. The van der Waals surface area contributed by atoms with E-state index in [1.54, 1.807) is 0 Å². The van der Waals surface area contributed by atoms with Gasteiger partial charge in [-0.3, -0.25) is 4.79 Å². The van der Waals surface area contributed by atoms with Crippen molar-refractivity contribution in [2.24, 2.45) is 0 Å². The minimum absolute atomic E-state index is 0.130. The maximum Gasteiger partial charge on any atom is 0.315 e. The van der Waals surface area contributed by atoms with Crippen LogP contribution < -0.4 is 5.32 Å². The molecule has 5 heteroatoms. The standard InChI is InChI=1S/C8H15F2NO2/c1-6(2)13-5-3-4-11-8(12)7(9)10/h6-7H,3-5H2,1-2H3,(H,11,12). The fourth-order valence-corrected chi connectivity index (χ4v) is 0.680. The molecule has 13 heavy (non-hydrogen) atoms. The fourth-order valence-electron chi connectivity index (χ4n) is 0.680. The van der Waals surface area contributed by atoms with Gasteiger partial charge in [-0.15, -0.1) is 0 Å². The minimum Gasteiger partial charge on any atom is -0.379 e. The quantitative estimate of drug-likeness (QED) is 0.646. The molecule has 0 atom stereocenters. The normalized spacial score (nSPS) is 10.9. The molecule has 0 bridgehead atoms. The van der Waals surface area contributed by atoms with Crippen molar-refractivity contribution < 1.29 is 18.3 Å². The summed E-state index contributed by atoms with van der Waals surface area (Å²) in [5.74, 6) is -1.22. The van der Waals surface area contributed by atoms with E-state index >= 15 is 0 Å². The molecule has 0 aromatic heterocycles. The van der Waals surface area contributed by atoms with Crippen LogP contribution in [0.1, 0.15) is 20.3 Å². The molecular formula is C8H15F2NO2. The van der Waals surface area contributed by atoms with E-state index in [9.17, 15) is 13.6 Å². The Bertz CT molecular complexity index is 151. The van der Waals surface area contributed by atoms with E-state index in [0.717, 1.165) is 0 Å². The highest BCUT2D eigenvalue weighted by atomic mass is 19.3. The second-order valence-electron chi connectivity index (χ2n) is 2.86.